The molecule has 0 spiro atoms. The van der Waals surface area contributed by atoms with Gasteiger partial charge in [-0.3, -0.25) is 10.00 Å². The first-order chi connectivity index (χ1) is 15.6. The number of nitrogens with one attached hydrogen (secondary N) is 1. The highest BCUT2D eigenvalue weighted by Gasteiger charge is 2.18. The van der Waals surface area contributed by atoms with Crippen LogP contribution in [0.15, 0.2) is 48.7 Å². The summed E-state index contributed by atoms with van der Waals surface area (Å²) in [7, 11) is 3.67. The number of ether oxygens (including phenoxy) is 1. The number of hydrogen-bond donors (Lipinski definition) is 1. The molecule has 4 aromatic rings. The molecule has 1 saturated heterocycles. The largest absolute Gasteiger partial charge is 0.496 e. The van der Waals surface area contributed by atoms with Crippen molar-refractivity contribution in [1.82, 2.24) is 30.0 Å². The second-order valence-corrected chi connectivity index (χ2v) is 8.13. The van der Waals surface area contributed by atoms with Crippen LogP contribution in [0.2, 0.25) is 0 Å². The molecule has 8 heteroatoms. The molecule has 0 radical (unpaired) electrons. The molecule has 5 rings (SSSR count). The second-order valence-electron chi connectivity index (χ2n) is 8.13. The van der Waals surface area contributed by atoms with Crippen LogP contribution in [-0.2, 0) is 6.54 Å². The molecular formula is C24H25FN6O. The number of aromatic amines is 1. The van der Waals surface area contributed by atoms with Crippen molar-refractivity contribution in [3.05, 3.63) is 60.0 Å². The van der Waals surface area contributed by atoms with Crippen LogP contribution in [0.5, 0.6) is 5.75 Å². The quantitative estimate of drug-likeness (QED) is 0.520. The Bertz CT molecular complexity index is 1250. The van der Waals surface area contributed by atoms with Gasteiger partial charge in [0.25, 0.3) is 0 Å². The highest BCUT2D eigenvalue weighted by atomic mass is 19.1. The van der Waals surface area contributed by atoms with Gasteiger partial charge in [-0.2, -0.15) is 5.10 Å². The lowest BCUT2D eigenvalue weighted by molar-refractivity contribution is 0.148. The van der Waals surface area contributed by atoms with E-state index in [2.05, 4.69) is 49.1 Å². The zero-order chi connectivity index (χ0) is 22.1. The molecule has 0 amide bonds. The molecule has 1 aliphatic rings. The monoisotopic (exact) mass is 432 g/mol. The van der Waals surface area contributed by atoms with Gasteiger partial charge in [0.1, 0.15) is 28.3 Å². The Kier molecular flexibility index (Phi) is 5.55. The van der Waals surface area contributed by atoms with Gasteiger partial charge in [-0.15, -0.1) is 0 Å². The van der Waals surface area contributed by atoms with Crippen molar-refractivity contribution in [2.75, 3.05) is 40.3 Å². The van der Waals surface area contributed by atoms with E-state index in [0.29, 0.717) is 16.8 Å². The number of nitrogens with zero attached hydrogens (tertiary/aromatic N) is 5. The highest BCUT2D eigenvalue weighted by molar-refractivity contribution is 5.90. The Morgan fingerprint density at radius 1 is 1.09 bits per heavy atom. The summed E-state index contributed by atoms with van der Waals surface area (Å²) in [6.07, 6.45) is 1.63. The predicted octanol–water partition coefficient (Wildman–Crippen LogP) is 3.58. The lowest BCUT2D eigenvalue weighted by Crippen LogP contribution is -2.43. The third-order valence-electron chi connectivity index (χ3n) is 5.92. The minimum absolute atomic E-state index is 0.243. The molecule has 7 nitrogen and oxygen atoms in total. The van der Waals surface area contributed by atoms with Crippen LogP contribution in [0.4, 0.5) is 4.39 Å². The number of benzene rings is 2. The summed E-state index contributed by atoms with van der Waals surface area (Å²) in [6.45, 7) is 5.20. The predicted molar refractivity (Wildman–Crippen MR) is 122 cm³/mol. The average Bonchev–Trinajstić information content (AvgIpc) is 3.24. The van der Waals surface area contributed by atoms with E-state index >= 15 is 0 Å². The summed E-state index contributed by atoms with van der Waals surface area (Å²) in [5.74, 6) is 0.232. The molecule has 0 aliphatic carbocycles. The van der Waals surface area contributed by atoms with Gasteiger partial charge in [-0.25, -0.2) is 14.4 Å². The van der Waals surface area contributed by atoms with Crippen molar-refractivity contribution in [2.24, 2.45) is 0 Å². The highest BCUT2D eigenvalue weighted by Crippen LogP contribution is 2.32. The zero-order valence-corrected chi connectivity index (χ0v) is 18.2. The van der Waals surface area contributed by atoms with Gasteiger partial charge < -0.3 is 9.64 Å². The van der Waals surface area contributed by atoms with E-state index in [4.69, 9.17) is 4.74 Å². The molecule has 2 aromatic heterocycles. The molecule has 32 heavy (non-hydrogen) atoms. The van der Waals surface area contributed by atoms with Crippen LogP contribution in [0, 0.1) is 5.82 Å². The van der Waals surface area contributed by atoms with Crippen LogP contribution in [0.3, 0.4) is 0 Å². The van der Waals surface area contributed by atoms with E-state index in [1.165, 1.54) is 18.7 Å². The van der Waals surface area contributed by atoms with Crippen LogP contribution >= 0.6 is 0 Å². The van der Waals surface area contributed by atoms with Crippen molar-refractivity contribution < 1.29 is 9.13 Å². The molecule has 1 N–H and O–H groups in total. The van der Waals surface area contributed by atoms with Crippen molar-refractivity contribution in [2.45, 2.75) is 6.54 Å². The number of hydrogen-bond acceptors (Lipinski definition) is 6. The first-order valence-corrected chi connectivity index (χ1v) is 10.7. The smallest absolute Gasteiger partial charge is 0.166 e. The van der Waals surface area contributed by atoms with Gasteiger partial charge in [-0.1, -0.05) is 24.3 Å². The van der Waals surface area contributed by atoms with Crippen LogP contribution < -0.4 is 4.74 Å². The fourth-order valence-corrected chi connectivity index (χ4v) is 4.11. The lowest BCUT2D eigenvalue weighted by atomic mass is 10.1. The number of methoxy groups -OCH3 is 1. The average molecular weight is 433 g/mol. The third kappa shape index (κ3) is 3.94. The fraction of sp³-hybridized carbons (Fsp3) is 0.292. The van der Waals surface area contributed by atoms with Gasteiger partial charge >= 0.3 is 0 Å². The number of H-pyrrole nitrogens is 1. The normalized spacial score (nSPS) is 15.3. The van der Waals surface area contributed by atoms with Crippen molar-refractivity contribution in [1.29, 1.82) is 0 Å². The lowest BCUT2D eigenvalue weighted by Gasteiger charge is -2.32. The number of aromatic nitrogens is 4. The minimum atomic E-state index is -0.428. The number of fused-ring (bicyclic) bond motifs is 1. The maximum absolute atomic E-state index is 14.6. The van der Waals surface area contributed by atoms with Gasteiger partial charge in [0.05, 0.1) is 18.9 Å². The van der Waals surface area contributed by atoms with Crippen LogP contribution in [0.1, 0.15) is 5.56 Å². The molecule has 0 atom stereocenters. The van der Waals surface area contributed by atoms with E-state index < -0.39 is 5.82 Å². The maximum Gasteiger partial charge on any atom is 0.166 e. The topological polar surface area (TPSA) is 70.2 Å². The molecule has 3 heterocycles. The third-order valence-corrected chi connectivity index (χ3v) is 5.92. The zero-order valence-electron chi connectivity index (χ0n) is 18.2. The molecule has 0 bridgehead atoms. The SMILES string of the molecule is COc1cccc(F)c1-c1ncc2[nH]nc(-c3cccc(CN4CCN(C)CC4)c3)c2n1. The first-order valence-electron chi connectivity index (χ1n) is 10.7. The number of likely N-dealkylation sites (N-methyl/N-ethyl adjacent to an activating group) is 1. The molecule has 0 saturated carbocycles. The number of halogens is 1. The summed E-state index contributed by atoms with van der Waals surface area (Å²) >= 11 is 0. The summed E-state index contributed by atoms with van der Waals surface area (Å²) in [6, 6.07) is 13.0. The molecule has 1 aliphatic heterocycles. The molecule has 0 unspecified atom stereocenters. The number of rotatable bonds is 5. The van der Waals surface area contributed by atoms with E-state index in [1.54, 1.807) is 18.3 Å². The van der Waals surface area contributed by atoms with E-state index in [9.17, 15) is 4.39 Å². The van der Waals surface area contributed by atoms with Crippen LogP contribution in [-0.4, -0.2) is 70.3 Å². The van der Waals surface area contributed by atoms with Gasteiger partial charge in [0, 0.05) is 38.3 Å². The van der Waals surface area contributed by atoms with Crippen LogP contribution in [0.25, 0.3) is 33.7 Å². The first kappa shape index (κ1) is 20.5. The Labute approximate surface area is 185 Å². The summed E-state index contributed by atoms with van der Waals surface area (Å²) in [5, 5.41) is 7.49. The van der Waals surface area contributed by atoms with Gasteiger partial charge in [0.2, 0.25) is 0 Å². The Balaban J connectivity index is 1.50. The van der Waals surface area contributed by atoms with E-state index in [-0.39, 0.29) is 11.4 Å². The van der Waals surface area contributed by atoms with E-state index in [1.807, 2.05) is 12.1 Å². The van der Waals surface area contributed by atoms with Gasteiger partial charge in [0.15, 0.2) is 5.82 Å². The van der Waals surface area contributed by atoms with E-state index in [0.717, 1.165) is 44.0 Å². The maximum atomic E-state index is 14.6. The summed E-state index contributed by atoms with van der Waals surface area (Å²) in [4.78, 5) is 13.8. The van der Waals surface area contributed by atoms with Gasteiger partial charge in [-0.05, 0) is 30.8 Å². The molecular weight excluding hydrogens is 407 g/mol. The number of piperazine rings is 1. The van der Waals surface area contributed by atoms with Crippen molar-refractivity contribution in [3.8, 4) is 28.4 Å². The fourth-order valence-electron chi connectivity index (χ4n) is 4.11. The standard InChI is InChI=1S/C24H25FN6O/c1-30-9-11-31(12-10-30)15-16-5-3-6-17(13-16)22-23-19(28-29-22)14-26-24(27-23)21-18(25)7-4-8-20(21)32-2/h3-8,13-14H,9-12,15H2,1-2H3,(H,28,29). The minimum Gasteiger partial charge on any atom is -0.496 e. The Morgan fingerprint density at radius 3 is 2.72 bits per heavy atom. The van der Waals surface area contributed by atoms with Crippen molar-refractivity contribution in [3.63, 3.8) is 0 Å². The second kappa shape index (κ2) is 8.64. The summed E-state index contributed by atoms with van der Waals surface area (Å²) in [5.41, 5.74) is 4.51. The molecule has 1 fully saturated rings. The van der Waals surface area contributed by atoms with Crippen molar-refractivity contribution >= 4 is 11.0 Å². The summed E-state index contributed by atoms with van der Waals surface area (Å²) < 4.78 is 19.9. The molecule has 164 valence electrons. The molecule has 2 aromatic carbocycles. The Hall–Kier alpha value is -3.36. The Morgan fingerprint density at radius 2 is 1.91 bits per heavy atom.